The van der Waals surface area contributed by atoms with Crippen molar-refractivity contribution in [3.05, 3.63) is 35.4 Å². The third-order valence-electron chi connectivity index (χ3n) is 2.93. The molecule has 0 aliphatic rings. The van der Waals surface area contributed by atoms with E-state index >= 15 is 0 Å². The van der Waals surface area contributed by atoms with Gasteiger partial charge in [-0.15, -0.1) is 11.6 Å². The van der Waals surface area contributed by atoms with Gasteiger partial charge in [0.15, 0.2) is 0 Å². The first-order valence-electron chi connectivity index (χ1n) is 5.96. The summed E-state index contributed by atoms with van der Waals surface area (Å²) in [5, 5.41) is 0. The van der Waals surface area contributed by atoms with E-state index < -0.39 is 37.0 Å². The number of carbonyl (C=O) groups excluding carboxylic acids is 1. The summed E-state index contributed by atoms with van der Waals surface area (Å²) >= 11 is 5.31. The maximum atomic E-state index is 12.7. The van der Waals surface area contributed by atoms with Crippen molar-refractivity contribution in [2.24, 2.45) is 0 Å². The van der Waals surface area contributed by atoms with Crippen LogP contribution in [0.2, 0.25) is 0 Å². The van der Waals surface area contributed by atoms with E-state index in [0.29, 0.717) is 4.90 Å². The van der Waals surface area contributed by atoms with Crippen LogP contribution in [0.3, 0.4) is 0 Å². The van der Waals surface area contributed by atoms with Crippen molar-refractivity contribution in [1.82, 2.24) is 4.90 Å². The Balaban J connectivity index is 3.02. The molecule has 118 valence electrons. The summed E-state index contributed by atoms with van der Waals surface area (Å²) in [5.41, 5.74) is -0.132. The van der Waals surface area contributed by atoms with Crippen molar-refractivity contribution in [3.8, 4) is 0 Å². The summed E-state index contributed by atoms with van der Waals surface area (Å²) in [7, 11) is 0. The first-order chi connectivity index (χ1) is 9.66. The Labute approximate surface area is 123 Å². The number of hydrogen-bond acceptors (Lipinski definition) is 1. The van der Waals surface area contributed by atoms with Crippen LogP contribution in [0.25, 0.3) is 0 Å². The Kier molecular flexibility index (Phi) is 5.95. The van der Waals surface area contributed by atoms with E-state index in [1.54, 1.807) is 0 Å². The summed E-state index contributed by atoms with van der Waals surface area (Å²) in [4.78, 5) is 12.1. The number of benzene rings is 1. The minimum atomic E-state index is -4.62. The van der Waals surface area contributed by atoms with Crippen molar-refractivity contribution in [2.75, 3.05) is 5.88 Å². The SMILES string of the molecule is C[C@H](N(Cc1cccc(C(F)F)c1)C(=O)CCl)C(F)(F)F. The first-order valence-corrected chi connectivity index (χ1v) is 6.49. The van der Waals surface area contributed by atoms with E-state index in [1.807, 2.05) is 0 Å². The number of hydrogen-bond donors (Lipinski definition) is 0. The fourth-order valence-electron chi connectivity index (χ4n) is 1.72. The Morgan fingerprint density at radius 2 is 1.95 bits per heavy atom. The second-order valence-electron chi connectivity index (χ2n) is 4.42. The minimum Gasteiger partial charge on any atom is -0.326 e. The number of halogens is 6. The molecule has 21 heavy (non-hydrogen) atoms. The van der Waals surface area contributed by atoms with Crippen LogP contribution in [0.15, 0.2) is 24.3 Å². The zero-order valence-electron chi connectivity index (χ0n) is 11.0. The van der Waals surface area contributed by atoms with Crippen LogP contribution in [0.1, 0.15) is 24.5 Å². The van der Waals surface area contributed by atoms with Crippen molar-refractivity contribution in [2.45, 2.75) is 32.1 Å². The predicted octanol–water partition coefficient (Wildman–Crippen LogP) is 4.14. The molecule has 1 aromatic carbocycles. The molecule has 1 aromatic rings. The fourth-order valence-corrected chi connectivity index (χ4v) is 1.87. The average Bonchev–Trinajstić information content (AvgIpc) is 2.42. The summed E-state index contributed by atoms with van der Waals surface area (Å²) in [5.74, 6) is -1.53. The lowest BCUT2D eigenvalue weighted by atomic mass is 10.1. The van der Waals surface area contributed by atoms with Crippen molar-refractivity contribution < 1.29 is 26.7 Å². The van der Waals surface area contributed by atoms with Gasteiger partial charge in [-0.2, -0.15) is 13.2 Å². The molecule has 0 heterocycles. The van der Waals surface area contributed by atoms with Gasteiger partial charge < -0.3 is 4.90 Å². The number of alkyl halides is 6. The first kappa shape index (κ1) is 17.7. The lowest BCUT2D eigenvalue weighted by molar-refractivity contribution is -0.186. The molecule has 0 fully saturated rings. The van der Waals surface area contributed by atoms with Gasteiger partial charge in [0.25, 0.3) is 6.43 Å². The normalized spacial score (nSPS) is 13.3. The van der Waals surface area contributed by atoms with Crippen molar-refractivity contribution >= 4 is 17.5 Å². The molecule has 0 spiro atoms. The summed E-state index contributed by atoms with van der Waals surface area (Å²) in [6, 6.07) is 2.86. The molecule has 0 unspecified atom stereocenters. The van der Waals surface area contributed by atoms with E-state index in [9.17, 15) is 26.7 Å². The highest BCUT2D eigenvalue weighted by molar-refractivity contribution is 6.27. The Bertz CT molecular complexity index is 492. The maximum Gasteiger partial charge on any atom is 0.408 e. The molecule has 0 aromatic heterocycles. The predicted molar refractivity (Wildman–Crippen MR) is 68.2 cm³/mol. The zero-order chi connectivity index (χ0) is 16.2. The van der Waals surface area contributed by atoms with Gasteiger partial charge >= 0.3 is 6.18 Å². The Morgan fingerprint density at radius 3 is 2.43 bits per heavy atom. The number of rotatable bonds is 5. The summed E-state index contributed by atoms with van der Waals surface area (Å²) < 4.78 is 63.4. The molecule has 8 heteroatoms. The molecule has 1 rings (SSSR count). The van der Waals surface area contributed by atoms with Gasteiger partial charge in [-0.3, -0.25) is 4.79 Å². The van der Waals surface area contributed by atoms with Crippen LogP contribution in [-0.4, -0.2) is 28.9 Å². The second-order valence-corrected chi connectivity index (χ2v) is 4.69. The minimum absolute atomic E-state index is 0.183. The molecular weight excluding hydrogens is 317 g/mol. The number of nitrogens with zero attached hydrogens (tertiary/aromatic N) is 1. The smallest absolute Gasteiger partial charge is 0.326 e. The van der Waals surface area contributed by atoms with Crippen LogP contribution in [-0.2, 0) is 11.3 Å². The number of amides is 1. The average molecular weight is 330 g/mol. The van der Waals surface area contributed by atoms with Crippen molar-refractivity contribution in [3.63, 3.8) is 0 Å². The Morgan fingerprint density at radius 1 is 1.33 bits per heavy atom. The molecule has 1 atom stereocenters. The summed E-state index contributed by atoms with van der Waals surface area (Å²) in [6.07, 6.45) is -7.36. The molecular formula is C13H13ClF5NO. The largest absolute Gasteiger partial charge is 0.408 e. The van der Waals surface area contributed by atoms with Gasteiger partial charge in [0.1, 0.15) is 11.9 Å². The quantitative estimate of drug-likeness (QED) is 0.587. The van der Waals surface area contributed by atoms with Crippen LogP contribution in [0.4, 0.5) is 22.0 Å². The van der Waals surface area contributed by atoms with E-state index in [0.717, 1.165) is 19.1 Å². The van der Waals surface area contributed by atoms with Crippen LogP contribution in [0.5, 0.6) is 0 Å². The number of carbonyl (C=O) groups is 1. The van der Waals surface area contributed by atoms with Crippen LogP contribution in [0, 0.1) is 0 Å². The lowest BCUT2D eigenvalue weighted by Crippen LogP contribution is -2.47. The molecule has 2 nitrogen and oxygen atoms in total. The van der Waals surface area contributed by atoms with Gasteiger partial charge in [0.05, 0.1) is 0 Å². The second kappa shape index (κ2) is 7.06. The van der Waals surface area contributed by atoms with Gasteiger partial charge in [-0.1, -0.05) is 18.2 Å². The van der Waals surface area contributed by atoms with Crippen molar-refractivity contribution in [1.29, 1.82) is 0 Å². The highest BCUT2D eigenvalue weighted by atomic mass is 35.5. The van der Waals surface area contributed by atoms with E-state index in [2.05, 4.69) is 0 Å². The molecule has 0 bridgehead atoms. The molecule has 0 aliphatic heterocycles. The van der Waals surface area contributed by atoms with E-state index in [1.165, 1.54) is 12.1 Å². The molecule has 1 amide bonds. The molecule has 0 saturated carbocycles. The van der Waals surface area contributed by atoms with Gasteiger partial charge in [-0.05, 0) is 18.6 Å². The maximum absolute atomic E-state index is 12.7. The monoisotopic (exact) mass is 329 g/mol. The molecule has 0 radical (unpaired) electrons. The van der Waals surface area contributed by atoms with Gasteiger partial charge in [0, 0.05) is 12.1 Å². The van der Waals surface area contributed by atoms with E-state index in [-0.39, 0.29) is 11.1 Å². The lowest BCUT2D eigenvalue weighted by Gasteiger charge is -2.30. The Hall–Kier alpha value is -1.37. The van der Waals surface area contributed by atoms with Gasteiger partial charge in [-0.25, -0.2) is 8.78 Å². The molecule has 0 saturated heterocycles. The van der Waals surface area contributed by atoms with Gasteiger partial charge in [0.2, 0.25) is 5.91 Å². The zero-order valence-corrected chi connectivity index (χ0v) is 11.8. The van der Waals surface area contributed by atoms with Crippen LogP contribution >= 0.6 is 11.6 Å². The van der Waals surface area contributed by atoms with E-state index in [4.69, 9.17) is 11.6 Å². The topological polar surface area (TPSA) is 20.3 Å². The van der Waals surface area contributed by atoms with Crippen LogP contribution < -0.4 is 0 Å². The molecule has 0 aliphatic carbocycles. The standard InChI is InChI=1S/C13H13ClF5NO/c1-8(13(17,18)19)20(11(21)6-14)7-9-3-2-4-10(5-9)12(15)16/h2-5,8,12H,6-7H2,1H3/t8-/m0/s1. The highest BCUT2D eigenvalue weighted by Gasteiger charge is 2.41. The third-order valence-corrected chi connectivity index (χ3v) is 3.16. The molecule has 0 N–H and O–H groups in total. The summed E-state index contributed by atoms with van der Waals surface area (Å²) in [6.45, 7) is 0.383. The highest BCUT2D eigenvalue weighted by Crippen LogP contribution is 2.27. The fraction of sp³-hybridized carbons (Fsp3) is 0.462. The third kappa shape index (κ3) is 4.84.